The van der Waals surface area contributed by atoms with Crippen molar-refractivity contribution in [2.75, 3.05) is 174 Å². The first-order chi connectivity index (χ1) is 46.5. The molecule has 0 aromatic carbocycles. The van der Waals surface area contributed by atoms with Crippen molar-refractivity contribution < 1.29 is 23.7 Å². The summed E-state index contributed by atoms with van der Waals surface area (Å²) in [5.41, 5.74) is 10.5. The van der Waals surface area contributed by atoms with Crippen molar-refractivity contribution in [1.29, 1.82) is 0 Å². The predicted octanol–water partition coefficient (Wildman–Crippen LogP) is 10.7. The molecule has 0 amide bonds. The number of ether oxygens (including phenoxy) is 5. The lowest BCUT2D eigenvalue weighted by Crippen LogP contribution is -2.36. The van der Waals surface area contributed by atoms with Gasteiger partial charge in [0.05, 0.1) is 104 Å². The number of fused-ring (bicyclic) bond motifs is 6. The zero-order valence-electron chi connectivity index (χ0n) is 54.1. The first kappa shape index (κ1) is 65.9. The summed E-state index contributed by atoms with van der Waals surface area (Å²) >= 11 is 11.7. The fourth-order valence-corrected chi connectivity index (χ4v) is 12.8. The van der Waals surface area contributed by atoms with Crippen LogP contribution in [0.5, 0.6) is 0 Å². The number of morpholine rings is 5. The molecule has 0 unspecified atom stereocenters. The highest BCUT2D eigenvalue weighted by molar-refractivity contribution is 14.1. The van der Waals surface area contributed by atoms with E-state index in [9.17, 15) is 0 Å². The van der Waals surface area contributed by atoms with Gasteiger partial charge in [0, 0.05) is 160 Å². The van der Waals surface area contributed by atoms with Crippen molar-refractivity contribution in [3.8, 4) is 0 Å². The van der Waals surface area contributed by atoms with Crippen LogP contribution in [0.4, 0.5) is 34.9 Å². The summed E-state index contributed by atoms with van der Waals surface area (Å²) in [6, 6.07) is 37.5. The van der Waals surface area contributed by atoms with Gasteiger partial charge in [-0.15, -0.1) is 0 Å². The maximum Gasteiger partial charge on any atom is 0.151 e. The molecule has 23 nitrogen and oxygen atoms in total. The molecule has 498 valence electrons. The Morgan fingerprint density at radius 3 is 0.895 bits per heavy atom. The Balaban J connectivity index is 0.000000103. The maximum atomic E-state index is 5.91. The molecule has 6 aliphatic rings. The molecule has 0 N–H and O–H groups in total. The van der Waals surface area contributed by atoms with E-state index in [2.05, 4.69) is 229 Å². The number of nitrogens with zero attached hydrogens (tertiary/aromatic N) is 18. The van der Waals surface area contributed by atoms with Gasteiger partial charge in [0.2, 0.25) is 0 Å². The third-order valence-corrected chi connectivity index (χ3v) is 18.5. The summed E-state index contributed by atoms with van der Waals surface area (Å²) in [5.74, 6) is 6.29. The van der Waals surface area contributed by atoms with E-state index in [4.69, 9.17) is 35.3 Å². The van der Waals surface area contributed by atoms with Crippen molar-refractivity contribution >= 4 is 118 Å². The van der Waals surface area contributed by atoms with Gasteiger partial charge >= 0.3 is 0 Å². The fraction of sp³-hybridized carbons (Fsp3) is 0.391. The van der Waals surface area contributed by atoms with Crippen LogP contribution in [-0.4, -0.2) is 202 Å². The van der Waals surface area contributed by atoms with Crippen molar-refractivity contribution in [1.82, 2.24) is 57.7 Å². The molecular formula is C69H81BrClIN18O5. The summed E-state index contributed by atoms with van der Waals surface area (Å²) in [4.78, 5) is 13.7. The van der Waals surface area contributed by atoms with Crippen LogP contribution in [0.1, 0.15) is 29.5 Å². The van der Waals surface area contributed by atoms with Gasteiger partial charge in [-0.2, -0.15) is 30.6 Å². The number of pyridine rings is 6. The van der Waals surface area contributed by atoms with Crippen LogP contribution in [0.15, 0.2) is 151 Å². The Bertz CT molecular complexity index is 3910. The Hall–Kier alpha value is -7.76. The highest BCUT2D eigenvalue weighted by atomic mass is 127. The molecular weight excluding hydrogens is 1400 g/mol. The molecule has 12 aromatic heterocycles. The third kappa shape index (κ3) is 17.1. The Labute approximate surface area is 579 Å². The second-order valence-corrected chi connectivity index (χ2v) is 26.7. The third-order valence-electron chi connectivity index (χ3n) is 17.1. The molecule has 26 heteroatoms. The minimum atomic E-state index is 0.721. The molecule has 0 radical (unpaired) electrons. The topological polar surface area (TPSA) is 169 Å². The quantitative estimate of drug-likeness (QED) is 0.144. The van der Waals surface area contributed by atoms with Gasteiger partial charge in [0.1, 0.15) is 0 Å². The number of anilines is 6. The SMILES string of the molecule is Brc1ccc2cc(N3CCOCC3)nn2c1.Cc1ccc2cc(N3CCOCC3)nn2c1.Cc1ccc2cc(N3CCOCC3)nn2c1.Cc1ccc2cc(N3CCOCC3)nn2c1.Clc1ccc2cc(N3CCCC3)nn2c1.Ic1ccc2cc(N3CCOCC3)nn2c1. The molecule has 0 aliphatic carbocycles. The minimum Gasteiger partial charge on any atom is -0.378 e. The number of halogens is 3. The average molecular weight is 1480 g/mol. The largest absolute Gasteiger partial charge is 0.378 e. The van der Waals surface area contributed by atoms with E-state index >= 15 is 0 Å². The van der Waals surface area contributed by atoms with Crippen LogP contribution in [0.3, 0.4) is 0 Å². The minimum absolute atomic E-state index is 0.721. The Morgan fingerprint density at radius 2 is 0.568 bits per heavy atom. The fourth-order valence-electron chi connectivity index (χ4n) is 11.9. The predicted molar refractivity (Wildman–Crippen MR) is 387 cm³/mol. The lowest BCUT2D eigenvalue weighted by Gasteiger charge is -2.26. The summed E-state index contributed by atoms with van der Waals surface area (Å²) in [7, 11) is 0. The number of hydrogen-bond donors (Lipinski definition) is 0. The summed E-state index contributed by atoms with van der Waals surface area (Å²) in [5, 5.41) is 28.1. The van der Waals surface area contributed by atoms with E-state index in [1.807, 2.05) is 63.9 Å². The maximum absolute atomic E-state index is 5.91. The van der Waals surface area contributed by atoms with E-state index in [0.29, 0.717) is 0 Å². The number of hydrogen-bond acceptors (Lipinski definition) is 17. The Morgan fingerprint density at radius 1 is 0.316 bits per heavy atom. The lowest BCUT2D eigenvalue weighted by atomic mass is 10.3. The molecule has 18 rings (SSSR count). The van der Waals surface area contributed by atoms with Gasteiger partial charge in [-0.1, -0.05) is 29.8 Å². The van der Waals surface area contributed by atoms with Gasteiger partial charge in [0.15, 0.2) is 34.9 Å². The highest BCUT2D eigenvalue weighted by Gasteiger charge is 2.20. The number of aromatic nitrogens is 12. The number of rotatable bonds is 6. The monoisotopic (exact) mass is 1480 g/mol. The first-order valence-electron chi connectivity index (χ1n) is 32.7. The second kappa shape index (κ2) is 31.4. The molecule has 95 heavy (non-hydrogen) atoms. The number of aryl methyl sites for hydroxylation is 3. The molecule has 0 atom stereocenters. The van der Waals surface area contributed by atoms with E-state index in [0.717, 1.165) is 222 Å². The van der Waals surface area contributed by atoms with E-state index < -0.39 is 0 Å². The van der Waals surface area contributed by atoms with Crippen molar-refractivity contribution in [2.24, 2.45) is 0 Å². The van der Waals surface area contributed by atoms with Crippen molar-refractivity contribution in [2.45, 2.75) is 33.6 Å². The first-order valence-corrected chi connectivity index (χ1v) is 34.9. The van der Waals surface area contributed by atoms with Crippen molar-refractivity contribution in [3.05, 3.63) is 176 Å². The van der Waals surface area contributed by atoms with E-state index in [1.54, 1.807) is 0 Å². The van der Waals surface area contributed by atoms with Crippen LogP contribution >= 0.6 is 50.1 Å². The van der Waals surface area contributed by atoms with Crippen LogP contribution in [0.2, 0.25) is 5.02 Å². The van der Waals surface area contributed by atoms with Gasteiger partial charge in [-0.05, 0) is 143 Å². The van der Waals surface area contributed by atoms with Crippen LogP contribution in [0.25, 0.3) is 33.1 Å². The van der Waals surface area contributed by atoms with E-state index in [1.165, 1.54) is 33.1 Å². The molecule has 6 aliphatic heterocycles. The van der Waals surface area contributed by atoms with Crippen LogP contribution in [0, 0.1) is 24.3 Å². The van der Waals surface area contributed by atoms with Gasteiger partial charge in [-0.25, -0.2) is 27.1 Å². The molecule has 0 spiro atoms. The molecule has 6 fully saturated rings. The van der Waals surface area contributed by atoms with Gasteiger partial charge in [0.25, 0.3) is 0 Å². The van der Waals surface area contributed by atoms with Gasteiger partial charge in [-0.3, -0.25) is 0 Å². The Kier molecular flexibility index (Phi) is 21.8. The summed E-state index contributed by atoms with van der Waals surface area (Å²) < 4.78 is 40.4. The highest BCUT2D eigenvalue weighted by Crippen LogP contribution is 2.25. The lowest BCUT2D eigenvalue weighted by molar-refractivity contribution is 0.122. The summed E-state index contributed by atoms with van der Waals surface area (Å²) in [6.45, 7) is 25.8. The standard InChI is InChI=1S/3C12H15N3O.C11H12BrN3O.C11H12ClN3.C11H12IN3O/c3*1-10-2-3-11-8-12(13-15(11)9-10)14-4-6-16-7-5-14;12-9-1-2-10-7-11(13-15(10)8-9)14-3-5-16-6-4-14;12-9-3-4-10-7-11(13-15(10)8-9)14-5-1-2-6-14;12-9-1-2-10-7-11(13-15(10)8-9)14-3-5-16-6-4-14/h3*2-3,8-9H,4-7H2,1H3;1-2,7-8H,3-6H2;3-4,7-8H,1-2,5-6H2;1-2,7-8H,3-6H2. The zero-order valence-corrected chi connectivity index (χ0v) is 58.6. The molecule has 18 heterocycles. The second-order valence-electron chi connectivity index (χ2n) is 24.1. The average Bonchev–Trinajstić information content (AvgIpc) is 1.81. The normalized spacial score (nSPS) is 16.9. The molecule has 0 saturated carbocycles. The summed E-state index contributed by atoms with van der Waals surface area (Å²) in [6.07, 6.45) is 14.6. The van der Waals surface area contributed by atoms with Crippen LogP contribution in [-0.2, 0) is 23.7 Å². The van der Waals surface area contributed by atoms with Gasteiger partial charge < -0.3 is 53.1 Å². The van der Waals surface area contributed by atoms with E-state index in [-0.39, 0.29) is 0 Å². The molecule has 12 aromatic rings. The molecule has 6 saturated heterocycles. The molecule has 0 bridgehead atoms. The van der Waals surface area contributed by atoms with Crippen molar-refractivity contribution in [3.63, 3.8) is 0 Å². The smallest absolute Gasteiger partial charge is 0.151 e. The zero-order chi connectivity index (χ0) is 65.0. The van der Waals surface area contributed by atoms with Crippen LogP contribution < -0.4 is 29.4 Å².